The molecule has 0 aliphatic carbocycles. The Morgan fingerprint density at radius 1 is 1.07 bits per heavy atom. The molecule has 0 bridgehead atoms. The summed E-state index contributed by atoms with van der Waals surface area (Å²) >= 11 is 1.79. The average molecular weight is 428 g/mol. The first kappa shape index (κ1) is 20.9. The summed E-state index contributed by atoms with van der Waals surface area (Å²) < 4.78 is 0. The van der Waals surface area contributed by atoms with Gasteiger partial charge in [-0.3, -0.25) is 4.79 Å². The number of carbonyl (C=O) groups excluding carboxylic acids is 2. The SMILES string of the molecule is O=C(NC[C@@H](c1cccs1)[NH+]1CCCC1)C1CCN(C(=O)Nc2ccccc2)CC1. The highest BCUT2D eigenvalue weighted by atomic mass is 32.1. The summed E-state index contributed by atoms with van der Waals surface area (Å²) in [5, 5.41) is 8.28. The van der Waals surface area contributed by atoms with Crippen molar-refractivity contribution in [3.05, 3.63) is 52.7 Å². The van der Waals surface area contributed by atoms with Gasteiger partial charge in [0.15, 0.2) is 0 Å². The number of para-hydroxylation sites is 1. The fraction of sp³-hybridized carbons (Fsp3) is 0.478. The molecule has 30 heavy (non-hydrogen) atoms. The molecule has 2 aromatic rings. The van der Waals surface area contributed by atoms with E-state index in [1.54, 1.807) is 21.1 Å². The minimum atomic E-state index is -0.0875. The molecule has 0 radical (unpaired) electrons. The molecule has 7 heteroatoms. The fourth-order valence-electron chi connectivity index (χ4n) is 4.53. The molecule has 3 N–H and O–H groups in total. The van der Waals surface area contributed by atoms with Gasteiger partial charge in [-0.1, -0.05) is 24.3 Å². The Morgan fingerprint density at radius 2 is 1.80 bits per heavy atom. The van der Waals surface area contributed by atoms with Crippen LogP contribution >= 0.6 is 11.3 Å². The van der Waals surface area contributed by atoms with Crippen molar-refractivity contribution in [3.8, 4) is 0 Å². The molecule has 0 unspecified atom stereocenters. The van der Waals surface area contributed by atoms with Gasteiger partial charge in [0.25, 0.3) is 0 Å². The maximum atomic E-state index is 12.8. The van der Waals surface area contributed by atoms with Gasteiger partial charge in [-0.2, -0.15) is 0 Å². The minimum absolute atomic E-state index is 0.0108. The fourth-order valence-corrected chi connectivity index (χ4v) is 5.41. The van der Waals surface area contributed by atoms with Gasteiger partial charge >= 0.3 is 6.03 Å². The van der Waals surface area contributed by atoms with Crippen molar-refractivity contribution in [1.29, 1.82) is 0 Å². The van der Waals surface area contributed by atoms with Crippen molar-refractivity contribution in [2.45, 2.75) is 31.7 Å². The first-order valence-electron chi connectivity index (χ1n) is 11.0. The summed E-state index contributed by atoms with van der Waals surface area (Å²) in [5.41, 5.74) is 0.798. The summed E-state index contributed by atoms with van der Waals surface area (Å²) in [6, 6.07) is 14.0. The molecule has 2 fully saturated rings. The van der Waals surface area contributed by atoms with Crippen molar-refractivity contribution in [2.24, 2.45) is 5.92 Å². The molecule has 6 nitrogen and oxygen atoms in total. The number of likely N-dealkylation sites (tertiary alicyclic amines) is 2. The number of benzene rings is 1. The third kappa shape index (κ3) is 5.21. The quantitative estimate of drug-likeness (QED) is 0.663. The molecule has 3 amide bonds. The number of piperidine rings is 1. The number of thiophene rings is 1. The Bertz CT molecular complexity index is 813. The van der Waals surface area contributed by atoms with Crippen LogP contribution in [0.25, 0.3) is 0 Å². The van der Waals surface area contributed by atoms with Crippen LogP contribution in [-0.4, -0.2) is 49.6 Å². The molecule has 160 valence electrons. The van der Waals surface area contributed by atoms with Gasteiger partial charge < -0.3 is 20.4 Å². The number of hydrogen-bond acceptors (Lipinski definition) is 3. The van der Waals surface area contributed by atoms with E-state index in [9.17, 15) is 9.59 Å². The maximum Gasteiger partial charge on any atom is 0.321 e. The third-order valence-corrected chi connectivity index (χ3v) is 7.27. The minimum Gasteiger partial charge on any atom is -0.349 e. The van der Waals surface area contributed by atoms with Gasteiger partial charge in [0.1, 0.15) is 6.04 Å². The normalized spacial score (nSPS) is 18.9. The van der Waals surface area contributed by atoms with E-state index in [0.717, 1.165) is 5.69 Å². The van der Waals surface area contributed by atoms with Crippen LogP contribution < -0.4 is 15.5 Å². The molecular weight excluding hydrogens is 396 g/mol. The second-order valence-corrected chi connectivity index (χ2v) is 9.22. The van der Waals surface area contributed by atoms with E-state index in [2.05, 4.69) is 28.1 Å². The van der Waals surface area contributed by atoms with Gasteiger partial charge in [-0.25, -0.2) is 4.79 Å². The highest BCUT2D eigenvalue weighted by Gasteiger charge is 2.31. The second kappa shape index (κ2) is 10.1. The van der Waals surface area contributed by atoms with Gasteiger partial charge in [0, 0.05) is 37.5 Å². The molecule has 1 atom stereocenters. The molecular formula is C23H31N4O2S+. The highest BCUT2D eigenvalue weighted by Crippen LogP contribution is 2.20. The Morgan fingerprint density at radius 3 is 2.47 bits per heavy atom. The summed E-state index contributed by atoms with van der Waals surface area (Å²) in [6.07, 6.45) is 3.98. The first-order valence-corrected chi connectivity index (χ1v) is 11.9. The standard InChI is InChI=1S/C23H30N4O2S/c28-22(24-17-20(21-9-6-16-30-21)26-12-4-5-13-26)18-10-14-27(15-11-18)23(29)25-19-7-2-1-3-8-19/h1-3,6-9,16,18,20H,4-5,10-15,17H2,(H,24,28)(H,25,29)/p+1/t20-/m0/s1. The lowest BCUT2D eigenvalue weighted by atomic mass is 9.96. The van der Waals surface area contributed by atoms with Crippen LogP contribution in [-0.2, 0) is 4.79 Å². The average Bonchev–Trinajstić information content (AvgIpc) is 3.50. The number of nitrogens with zero attached hydrogens (tertiary/aromatic N) is 1. The van der Waals surface area contributed by atoms with Crippen LogP contribution in [0, 0.1) is 5.92 Å². The number of quaternary nitrogens is 1. The number of urea groups is 1. The van der Waals surface area contributed by atoms with E-state index < -0.39 is 0 Å². The smallest absolute Gasteiger partial charge is 0.321 e. The Balaban J connectivity index is 1.25. The predicted octanol–water partition coefficient (Wildman–Crippen LogP) is 2.53. The second-order valence-electron chi connectivity index (χ2n) is 8.24. The molecule has 1 aromatic heterocycles. The summed E-state index contributed by atoms with van der Waals surface area (Å²) in [6.45, 7) is 4.30. The lowest BCUT2D eigenvalue weighted by molar-refractivity contribution is -0.918. The highest BCUT2D eigenvalue weighted by molar-refractivity contribution is 7.10. The number of nitrogens with one attached hydrogen (secondary N) is 3. The van der Waals surface area contributed by atoms with Crippen LogP contribution in [0.5, 0.6) is 0 Å². The molecule has 2 aliphatic heterocycles. The van der Waals surface area contributed by atoms with E-state index in [0.29, 0.717) is 38.5 Å². The zero-order valence-corrected chi connectivity index (χ0v) is 18.1. The lowest BCUT2D eigenvalue weighted by Crippen LogP contribution is -3.11. The number of amides is 3. The van der Waals surface area contributed by atoms with Crippen molar-refractivity contribution < 1.29 is 14.5 Å². The number of carbonyl (C=O) groups is 2. The molecule has 2 aliphatic rings. The molecule has 2 saturated heterocycles. The van der Waals surface area contributed by atoms with Crippen LogP contribution in [0.15, 0.2) is 47.8 Å². The third-order valence-electron chi connectivity index (χ3n) is 6.28. The predicted molar refractivity (Wildman–Crippen MR) is 120 cm³/mol. The maximum absolute atomic E-state index is 12.8. The van der Waals surface area contributed by atoms with Crippen molar-refractivity contribution in [2.75, 3.05) is 38.0 Å². The zero-order valence-electron chi connectivity index (χ0n) is 17.3. The topological polar surface area (TPSA) is 65.9 Å². The molecule has 3 heterocycles. The zero-order chi connectivity index (χ0) is 20.8. The van der Waals surface area contributed by atoms with Gasteiger partial charge in [-0.15, -0.1) is 11.3 Å². The largest absolute Gasteiger partial charge is 0.349 e. The summed E-state index contributed by atoms with van der Waals surface area (Å²) in [7, 11) is 0. The van der Waals surface area contributed by atoms with E-state index >= 15 is 0 Å². The monoisotopic (exact) mass is 427 g/mol. The Kier molecular flexibility index (Phi) is 7.02. The van der Waals surface area contributed by atoms with Gasteiger partial charge in [-0.05, 0) is 36.4 Å². The van der Waals surface area contributed by atoms with Gasteiger partial charge in [0.05, 0.1) is 24.5 Å². The summed E-state index contributed by atoms with van der Waals surface area (Å²) in [4.78, 5) is 30.0. The van der Waals surface area contributed by atoms with Crippen LogP contribution in [0.1, 0.15) is 36.6 Å². The summed E-state index contributed by atoms with van der Waals surface area (Å²) in [5.74, 6) is 0.126. The lowest BCUT2D eigenvalue weighted by Gasteiger charge is -2.32. The molecule has 0 spiro atoms. The van der Waals surface area contributed by atoms with Gasteiger partial charge in [0.2, 0.25) is 5.91 Å². The first-order chi connectivity index (χ1) is 14.7. The molecule has 4 rings (SSSR count). The van der Waals surface area contributed by atoms with Crippen molar-refractivity contribution >= 4 is 29.0 Å². The van der Waals surface area contributed by atoms with Crippen LogP contribution in [0.3, 0.4) is 0 Å². The Hall–Kier alpha value is -2.38. The van der Waals surface area contributed by atoms with Crippen molar-refractivity contribution in [3.63, 3.8) is 0 Å². The van der Waals surface area contributed by atoms with E-state index in [1.165, 1.54) is 30.8 Å². The molecule has 0 saturated carbocycles. The van der Waals surface area contributed by atoms with Crippen molar-refractivity contribution in [1.82, 2.24) is 10.2 Å². The number of anilines is 1. The van der Waals surface area contributed by atoms with E-state index in [1.807, 2.05) is 30.3 Å². The van der Waals surface area contributed by atoms with Crippen LogP contribution in [0.4, 0.5) is 10.5 Å². The Labute approximate surface area is 182 Å². The number of hydrogen-bond donors (Lipinski definition) is 3. The van der Waals surface area contributed by atoms with E-state index in [4.69, 9.17) is 0 Å². The van der Waals surface area contributed by atoms with E-state index in [-0.39, 0.29) is 17.9 Å². The number of rotatable bonds is 6. The molecule has 1 aromatic carbocycles. The van der Waals surface area contributed by atoms with Crippen LogP contribution in [0.2, 0.25) is 0 Å².